The zero-order chi connectivity index (χ0) is 29.0. The molecule has 2 heterocycles. The zero-order valence-corrected chi connectivity index (χ0v) is 23.6. The molecule has 0 atom stereocenters. The number of nitrogens with one attached hydrogen (secondary N) is 1. The number of benzene rings is 2. The maximum atomic E-state index is 13.1. The molecule has 0 bridgehead atoms. The molecule has 1 amide bonds. The predicted molar refractivity (Wildman–Crippen MR) is 163 cm³/mol. The number of esters is 1. The predicted octanol–water partition coefficient (Wildman–Crippen LogP) is 5.72. The van der Waals surface area contributed by atoms with Gasteiger partial charge in [0.25, 0.3) is 11.5 Å². The molecule has 41 heavy (non-hydrogen) atoms. The standard InChI is InChI=1S/C33H38N4O4/c1-41-32(39)23-37-22-27(16-17-31(37)38)36-33(40)26-14-9-13-25(19-26)30-21-35-20-29-24(12-10-15-28(29)30)11-7-5-3-2-4-6-8-18-34/h9-10,12-17,19-22H,2-8,11,18,23,34H2,1H3,(H,36,40). The molecule has 0 radical (unpaired) electrons. The average Bonchev–Trinajstić information content (AvgIpc) is 3.00. The van der Waals surface area contributed by atoms with Crippen molar-refractivity contribution in [3.8, 4) is 11.1 Å². The number of anilines is 1. The summed E-state index contributed by atoms with van der Waals surface area (Å²) in [5.74, 6) is -0.879. The lowest BCUT2D eigenvalue weighted by Crippen LogP contribution is -2.24. The second-order valence-corrected chi connectivity index (χ2v) is 10.2. The monoisotopic (exact) mass is 554 g/mol. The molecule has 0 aliphatic heterocycles. The van der Waals surface area contributed by atoms with Crippen molar-refractivity contribution < 1.29 is 14.3 Å². The first-order chi connectivity index (χ1) is 20.0. The van der Waals surface area contributed by atoms with Crippen LogP contribution in [-0.2, 0) is 22.5 Å². The lowest BCUT2D eigenvalue weighted by Gasteiger charge is -2.12. The summed E-state index contributed by atoms with van der Waals surface area (Å²) in [4.78, 5) is 41.4. The molecule has 0 spiro atoms. The Balaban J connectivity index is 1.47. The van der Waals surface area contributed by atoms with E-state index in [4.69, 9.17) is 5.73 Å². The van der Waals surface area contributed by atoms with E-state index in [0.29, 0.717) is 11.3 Å². The summed E-state index contributed by atoms with van der Waals surface area (Å²) in [6.45, 7) is 0.548. The van der Waals surface area contributed by atoms with Gasteiger partial charge in [-0.05, 0) is 60.5 Å². The van der Waals surface area contributed by atoms with E-state index < -0.39 is 5.97 Å². The number of amides is 1. The largest absolute Gasteiger partial charge is 0.468 e. The molecule has 0 saturated heterocycles. The molecule has 0 unspecified atom stereocenters. The number of aromatic nitrogens is 2. The number of carbonyl (C=O) groups excluding carboxylic acids is 2. The van der Waals surface area contributed by atoms with Crippen LogP contribution in [0.3, 0.4) is 0 Å². The molecule has 8 heteroatoms. The molecule has 0 fully saturated rings. The highest BCUT2D eigenvalue weighted by atomic mass is 16.5. The molecular formula is C33H38N4O4. The Bertz CT molecular complexity index is 1550. The molecule has 4 aromatic rings. The van der Waals surface area contributed by atoms with Gasteiger partial charge in [0.05, 0.1) is 12.8 Å². The maximum absolute atomic E-state index is 13.1. The number of unbranched alkanes of at least 4 members (excludes halogenated alkanes) is 6. The van der Waals surface area contributed by atoms with Gasteiger partial charge >= 0.3 is 5.97 Å². The van der Waals surface area contributed by atoms with Crippen molar-refractivity contribution in [3.63, 3.8) is 0 Å². The van der Waals surface area contributed by atoms with Crippen molar-refractivity contribution in [2.75, 3.05) is 19.0 Å². The number of carbonyl (C=O) groups is 2. The fourth-order valence-corrected chi connectivity index (χ4v) is 5.01. The first-order valence-electron chi connectivity index (χ1n) is 14.2. The highest BCUT2D eigenvalue weighted by molar-refractivity contribution is 6.06. The minimum atomic E-state index is -0.552. The normalized spacial score (nSPS) is 11.0. The highest BCUT2D eigenvalue weighted by Crippen LogP contribution is 2.31. The topological polar surface area (TPSA) is 116 Å². The number of fused-ring (bicyclic) bond motifs is 1. The van der Waals surface area contributed by atoms with Crippen molar-refractivity contribution in [1.29, 1.82) is 0 Å². The van der Waals surface area contributed by atoms with E-state index in [9.17, 15) is 14.4 Å². The highest BCUT2D eigenvalue weighted by Gasteiger charge is 2.13. The number of nitrogens with zero attached hydrogens (tertiary/aromatic N) is 2. The summed E-state index contributed by atoms with van der Waals surface area (Å²) in [6, 6.07) is 16.6. The summed E-state index contributed by atoms with van der Waals surface area (Å²) >= 11 is 0. The summed E-state index contributed by atoms with van der Waals surface area (Å²) in [5, 5.41) is 5.06. The summed E-state index contributed by atoms with van der Waals surface area (Å²) < 4.78 is 5.84. The third kappa shape index (κ3) is 8.11. The Labute approximate surface area is 240 Å². The number of hydrogen-bond donors (Lipinski definition) is 2. The van der Waals surface area contributed by atoms with Gasteiger partial charge in [0.1, 0.15) is 6.54 Å². The second-order valence-electron chi connectivity index (χ2n) is 10.2. The minimum Gasteiger partial charge on any atom is -0.468 e. The van der Waals surface area contributed by atoms with Gasteiger partial charge in [-0.1, -0.05) is 62.4 Å². The number of nitrogens with two attached hydrogens (primary N) is 1. The lowest BCUT2D eigenvalue weighted by atomic mass is 9.95. The quantitative estimate of drug-likeness (QED) is 0.152. The number of ether oxygens (including phenoxy) is 1. The van der Waals surface area contributed by atoms with Crippen LogP contribution in [0, 0.1) is 0 Å². The average molecular weight is 555 g/mol. The lowest BCUT2D eigenvalue weighted by molar-refractivity contribution is -0.141. The second kappa shape index (κ2) is 14.9. The van der Waals surface area contributed by atoms with E-state index >= 15 is 0 Å². The van der Waals surface area contributed by atoms with Gasteiger partial charge in [0.15, 0.2) is 0 Å². The molecule has 8 nitrogen and oxygen atoms in total. The fraction of sp³-hybridized carbons (Fsp3) is 0.333. The molecule has 2 aromatic heterocycles. The first kappa shape index (κ1) is 29.7. The molecule has 0 aliphatic carbocycles. The van der Waals surface area contributed by atoms with E-state index in [2.05, 4.69) is 33.2 Å². The number of rotatable bonds is 14. The summed E-state index contributed by atoms with van der Waals surface area (Å²) in [6.07, 6.45) is 14.7. The number of hydrogen-bond acceptors (Lipinski definition) is 6. The summed E-state index contributed by atoms with van der Waals surface area (Å²) in [5.41, 5.74) is 9.22. The molecule has 0 aliphatic rings. The minimum absolute atomic E-state index is 0.236. The van der Waals surface area contributed by atoms with Crippen LogP contribution in [0.4, 0.5) is 5.69 Å². The van der Waals surface area contributed by atoms with E-state index in [1.807, 2.05) is 30.6 Å². The molecule has 3 N–H and O–H groups in total. The molecule has 2 aromatic carbocycles. The maximum Gasteiger partial charge on any atom is 0.325 e. The smallest absolute Gasteiger partial charge is 0.325 e. The van der Waals surface area contributed by atoms with Gasteiger partial charge in [0, 0.05) is 41.2 Å². The SMILES string of the molecule is COC(=O)Cn1cc(NC(=O)c2cccc(-c3cncc4c(CCCCCCCCCN)cccc34)c2)ccc1=O. The number of aryl methyl sites for hydroxylation is 1. The van der Waals surface area contributed by atoms with Crippen molar-refractivity contribution in [1.82, 2.24) is 9.55 Å². The van der Waals surface area contributed by atoms with Gasteiger partial charge in [-0.3, -0.25) is 19.4 Å². The summed E-state index contributed by atoms with van der Waals surface area (Å²) in [7, 11) is 1.26. The molecule has 214 valence electrons. The first-order valence-corrected chi connectivity index (χ1v) is 14.2. The van der Waals surface area contributed by atoms with E-state index in [-0.39, 0.29) is 18.0 Å². The van der Waals surface area contributed by atoms with E-state index in [1.165, 1.54) is 67.7 Å². The third-order valence-electron chi connectivity index (χ3n) is 7.25. The van der Waals surface area contributed by atoms with Gasteiger partial charge in [-0.25, -0.2) is 0 Å². The van der Waals surface area contributed by atoms with Crippen molar-refractivity contribution >= 4 is 28.3 Å². The van der Waals surface area contributed by atoms with E-state index in [1.54, 1.807) is 6.07 Å². The third-order valence-corrected chi connectivity index (χ3v) is 7.25. The Kier molecular flexibility index (Phi) is 10.8. The molecule has 0 saturated carbocycles. The van der Waals surface area contributed by atoms with Crippen molar-refractivity contribution in [2.24, 2.45) is 5.73 Å². The van der Waals surface area contributed by atoms with Crippen LogP contribution >= 0.6 is 0 Å². The van der Waals surface area contributed by atoms with Crippen LogP contribution in [0.25, 0.3) is 21.9 Å². The van der Waals surface area contributed by atoms with Crippen LogP contribution in [0.15, 0.2) is 78.0 Å². The van der Waals surface area contributed by atoms with E-state index in [0.717, 1.165) is 47.7 Å². The van der Waals surface area contributed by atoms with Crippen LogP contribution in [0.5, 0.6) is 0 Å². The zero-order valence-electron chi connectivity index (χ0n) is 23.6. The van der Waals surface area contributed by atoms with Crippen LogP contribution < -0.4 is 16.6 Å². The van der Waals surface area contributed by atoms with Gasteiger partial charge in [0.2, 0.25) is 0 Å². The van der Waals surface area contributed by atoms with Crippen LogP contribution in [0.2, 0.25) is 0 Å². The van der Waals surface area contributed by atoms with Crippen LogP contribution in [0.1, 0.15) is 60.9 Å². The Morgan fingerprint density at radius 3 is 2.44 bits per heavy atom. The van der Waals surface area contributed by atoms with Crippen molar-refractivity contribution in [3.05, 3.63) is 94.7 Å². The van der Waals surface area contributed by atoms with Gasteiger partial charge in [-0.2, -0.15) is 0 Å². The Hall–Kier alpha value is -4.30. The van der Waals surface area contributed by atoms with Crippen LogP contribution in [-0.4, -0.2) is 35.1 Å². The van der Waals surface area contributed by atoms with Gasteiger partial charge < -0.3 is 20.4 Å². The van der Waals surface area contributed by atoms with Gasteiger partial charge in [-0.15, -0.1) is 0 Å². The Morgan fingerprint density at radius 2 is 1.66 bits per heavy atom. The fourth-order valence-electron chi connectivity index (χ4n) is 5.01. The molecular weight excluding hydrogens is 516 g/mol. The number of pyridine rings is 2. The number of methoxy groups -OCH3 is 1. The Morgan fingerprint density at radius 1 is 0.902 bits per heavy atom. The molecule has 4 rings (SSSR count). The van der Waals surface area contributed by atoms with Crippen molar-refractivity contribution in [2.45, 2.75) is 57.9 Å².